The summed E-state index contributed by atoms with van der Waals surface area (Å²) in [5, 5.41) is -0.218. The third kappa shape index (κ3) is 4.86. The van der Waals surface area contributed by atoms with E-state index in [1.54, 1.807) is 22.7 Å². The first-order valence-electron chi connectivity index (χ1n) is 11.3. The van der Waals surface area contributed by atoms with Gasteiger partial charge in [-0.25, -0.2) is 8.42 Å². The first kappa shape index (κ1) is 24.4. The smallest absolute Gasteiger partial charge is 0.262 e. The minimum Gasteiger partial charge on any atom is -0.295 e. The van der Waals surface area contributed by atoms with Crippen molar-refractivity contribution < 1.29 is 13.2 Å². The fourth-order valence-corrected chi connectivity index (χ4v) is 7.19. The summed E-state index contributed by atoms with van der Waals surface area (Å²) < 4.78 is 29.2. The van der Waals surface area contributed by atoms with E-state index < -0.39 is 10.0 Å². The van der Waals surface area contributed by atoms with Crippen molar-refractivity contribution in [1.29, 1.82) is 0 Å². The Kier molecular flexibility index (Phi) is 6.78. The molecule has 1 fully saturated rings. The molecule has 4 rings (SSSR count). The molecule has 178 valence electrons. The minimum absolute atomic E-state index is 0.0455. The lowest BCUT2D eigenvalue weighted by Crippen LogP contribution is -2.27. The lowest BCUT2D eigenvalue weighted by molar-refractivity contribution is -0.115. The summed E-state index contributed by atoms with van der Waals surface area (Å²) in [6.07, 6.45) is 0. The van der Waals surface area contributed by atoms with Crippen LogP contribution in [-0.2, 0) is 14.8 Å². The number of rotatable bonds is 6. The highest BCUT2D eigenvalue weighted by molar-refractivity contribution is 8.00. The zero-order chi connectivity index (χ0) is 24.6. The van der Waals surface area contributed by atoms with Crippen LogP contribution >= 0.6 is 11.8 Å². The molecule has 3 aromatic carbocycles. The Morgan fingerprint density at radius 1 is 0.971 bits per heavy atom. The molecule has 5 nitrogen and oxygen atoms in total. The van der Waals surface area contributed by atoms with E-state index in [0.717, 1.165) is 16.8 Å². The van der Waals surface area contributed by atoms with Gasteiger partial charge in [0.25, 0.3) is 10.0 Å². The van der Waals surface area contributed by atoms with Crippen LogP contribution < -0.4 is 9.62 Å². The van der Waals surface area contributed by atoms with Gasteiger partial charge in [-0.05, 0) is 73.2 Å². The van der Waals surface area contributed by atoms with Gasteiger partial charge in [-0.1, -0.05) is 55.8 Å². The number of carbonyl (C=O) groups excluding carboxylic acids is 1. The van der Waals surface area contributed by atoms with Crippen molar-refractivity contribution in [1.82, 2.24) is 0 Å². The number of anilines is 2. The van der Waals surface area contributed by atoms with Gasteiger partial charge >= 0.3 is 0 Å². The molecule has 1 aliphatic rings. The maximum atomic E-state index is 13.2. The lowest BCUT2D eigenvalue weighted by Gasteiger charge is -2.25. The van der Waals surface area contributed by atoms with Crippen molar-refractivity contribution in [3.8, 4) is 0 Å². The van der Waals surface area contributed by atoms with Crippen molar-refractivity contribution in [3.63, 3.8) is 0 Å². The van der Waals surface area contributed by atoms with Gasteiger partial charge in [-0.3, -0.25) is 14.4 Å². The third-order valence-electron chi connectivity index (χ3n) is 6.00. The van der Waals surface area contributed by atoms with Gasteiger partial charge in [0.05, 0.1) is 10.6 Å². The van der Waals surface area contributed by atoms with Crippen molar-refractivity contribution in [2.24, 2.45) is 0 Å². The molecule has 1 amide bonds. The average Bonchev–Trinajstić information content (AvgIpc) is 3.14. The topological polar surface area (TPSA) is 66.5 Å². The molecule has 1 N–H and O–H groups in total. The molecule has 7 heteroatoms. The number of sulfonamides is 1. The van der Waals surface area contributed by atoms with Crippen molar-refractivity contribution in [2.45, 2.75) is 50.8 Å². The van der Waals surface area contributed by atoms with Crippen LogP contribution in [0.15, 0.2) is 65.6 Å². The predicted molar refractivity (Wildman–Crippen MR) is 141 cm³/mol. The molecule has 1 atom stereocenters. The quantitative estimate of drug-likeness (QED) is 0.436. The van der Waals surface area contributed by atoms with E-state index in [2.05, 4.69) is 30.7 Å². The summed E-state index contributed by atoms with van der Waals surface area (Å²) in [6.45, 7) is 9.86. The summed E-state index contributed by atoms with van der Waals surface area (Å²) in [5.74, 6) is 0.845. The molecule has 1 aliphatic heterocycles. The standard InChI is InChI=1S/C27H30N2O3S2/c1-17(2)21-9-11-24(12-10-21)29-25(30)16-33-27(29)22-7-6-8-23(15-22)28-34(31,32)26-19(4)13-18(3)14-20(26)5/h6-15,17,27-28H,16H2,1-5H3. The van der Waals surface area contributed by atoms with Crippen molar-refractivity contribution >= 4 is 39.1 Å². The molecule has 0 aliphatic carbocycles. The van der Waals surface area contributed by atoms with Crippen LogP contribution in [0.5, 0.6) is 0 Å². The van der Waals surface area contributed by atoms with E-state index in [0.29, 0.717) is 33.4 Å². The first-order valence-corrected chi connectivity index (χ1v) is 13.8. The summed E-state index contributed by atoms with van der Waals surface area (Å²) in [5.41, 5.74) is 5.89. The van der Waals surface area contributed by atoms with Crippen LogP contribution in [0.3, 0.4) is 0 Å². The second-order valence-corrected chi connectivity index (χ2v) is 11.8. The van der Waals surface area contributed by atoms with Crippen molar-refractivity contribution in [3.05, 3.63) is 88.5 Å². The zero-order valence-electron chi connectivity index (χ0n) is 20.1. The summed E-state index contributed by atoms with van der Waals surface area (Å²) in [4.78, 5) is 14.9. The van der Waals surface area contributed by atoms with Gasteiger partial charge in [0.15, 0.2) is 0 Å². The van der Waals surface area contributed by atoms with E-state index in [1.807, 2.05) is 63.2 Å². The van der Waals surface area contributed by atoms with Gasteiger partial charge in [-0.2, -0.15) is 0 Å². The Hall–Kier alpha value is -2.77. The number of hydrogen-bond donors (Lipinski definition) is 1. The zero-order valence-corrected chi connectivity index (χ0v) is 21.8. The van der Waals surface area contributed by atoms with E-state index in [1.165, 1.54) is 5.56 Å². The van der Waals surface area contributed by atoms with Crippen LogP contribution in [0.4, 0.5) is 11.4 Å². The Bertz CT molecular complexity index is 1310. The van der Waals surface area contributed by atoms with Gasteiger partial charge < -0.3 is 0 Å². The van der Waals surface area contributed by atoms with Gasteiger partial charge in [0.2, 0.25) is 5.91 Å². The molecule has 0 radical (unpaired) electrons. The number of benzene rings is 3. The van der Waals surface area contributed by atoms with Crippen LogP contribution in [0.2, 0.25) is 0 Å². The molecule has 1 unspecified atom stereocenters. The lowest BCUT2D eigenvalue weighted by atomic mass is 10.0. The molecular weight excluding hydrogens is 464 g/mol. The molecule has 1 saturated heterocycles. The van der Waals surface area contributed by atoms with E-state index in [9.17, 15) is 13.2 Å². The highest BCUT2D eigenvalue weighted by Gasteiger charge is 2.34. The summed E-state index contributed by atoms with van der Waals surface area (Å²) >= 11 is 1.55. The Balaban J connectivity index is 1.63. The summed E-state index contributed by atoms with van der Waals surface area (Å²) in [7, 11) is -3.76. The van der Waals surface area contributed by atoms with E-state index in [-0.39, 0.29) is 11.3 Å². The van der Waals surface area contributed by atoms with Crippen LogP contribution in [-0.4, -0.2) is 20.1 Å². The fourth-order valence-electron chi connectivity index (χ4n) is 4.52. The molecule has 0 spiro atoms. The second kappa shape index (κ2) is 9.47. The Morgan fingerprint density at radius 3 is 2.24 bits per heavy atom. The van der Waals surface area contributed by atoms with Crippen LogP contribution in [0, 0.1) is 20.8 Å². The molecule has 0 aromatic heterocycles. The largest absolute Gasteiger partial charge is 0.295 e. The molecule has 0 saturated carbocycles. The molecular formula is C27H30N2O3S2. The Labute approximate surface area is 206 Å². The van der Waals surface area contributed by atoms with Crippen molar-refractivity contribution in [2.75, 3.05) is 15.4 Å². The number of hydrogen-bond acceptors (Lipinski definition) is 4. The molecule has 3 aromatic rings. The number of aryl methyl sites for hydroxylation is 3. The Morgan fingerprint density at radius 2 is 1.62 bits per heavy atom. The van der Waals surface area contributed by atoms with Crippen LogP contribution in [0.25, 0.3) is 0 Å². The average molecular weight is 495 g/mol. The molecule has 1 heterocycles. The number of carbonyl (C=O) groups is 1. The van der Waals surface area contributed by atoms with Gasteiger partial charge in [0.1, 0.15) is 5.37 Å². The monoisotopic (exact) mass is 494 g/mol. The second-order valence-electron chi connectivity index (χ2n) is 9.13. The normalized spacial score (nSPS) is 16.4. The summed E-state index contributed by atoms with van der Waals surface area (Å²) in [6, 6.07) is 19.2. The minimum atomic E-state index is -3.76. The maximum Gasteiger partial charge on any atom is 0.262 e. The van der Waals surface area contributed by atoms with Gasteiger partial charge in [0, 0.05) is 11.4 Å². The van der Waals surface area contributed by atoms with E-state index in [4.69, 9.17) is 0 Å². The first-order chi connectivity index (χ1) is 16.1. The van der Waals surface area contributed by atoms with E-state index >= 15 is 0 Å². The third-order valence-corrected chi connectivity index (χ3v) is 8.90. The van der Waals surface area contributed by atoms with Crippen LogP contribution in [0.1, 0.15) is 53.0 Å². The maximum absolute atomic E-state index is 13.2. The molecule has 34 heavy (non-hydrogen) atoms. The number of nitrogens with zero attached hydrogens (tertiary/aromatic N) is 1. The SMILES string of the molecule is Cc1cc(C)c(S(=O)(=O)Nc2cccc(C3SCC(=O)N3c3ccc(C(C)C)cc3)c2)c(C)c1. The molecule has 0 bridgehead atoms. The number of amides is 1. The highest BCUT2D eigenvalue weighted by Crippen LogP contribution is 2.42. The highest BCUT2D eigenvalue weighted by atomic mass is 32.2. The number of nitrogens with one attached hydrogen (secondary N) is 1. The fraction of sp³-hybridized carbons (Fsp3) is 0.296. The number of thioether (sulfide) groups is 1. The van der Waals surface area contributed by atoms with Gasteiger partial charge in [-0.15, -0.1) is 11.8 Å². The predicted octanol–water partition coefficient (Wildman–Crippen LogP) is 6.31.